The molecule has 0 aliphatic rings. The number of hydrogen-bond acceptors (Lipinski definition) is 5. The van der Waals surface area contributed by atoms with Gasteiger partial charge in [-0.3, -0.25) is 4.79 Å². The molecule has 1 heterocycles. The van der Waals surface area contributed by atoms with Gasteiger partial charge in [-0.05, 0) is 41.0 Å². The van der Waals surface area contributed by atoms with Crippen LogP contribution in [0.15, 0.2) is 29.4 Å². The second-order valence-electron chi connectivity index (χ2n) is 5.20. The van der Waals surface area contributed by atoms with Crippen molar-refractivity contribution in [3.05, 3.63) is 29.8 Å². The SMILES string of the molecule is Cc1cccc(-n2nnnc2SCC(=O)NCC(C)C)c1. The van der Waals surface area contributed by atoms with Crippen molar-refractivity contribution in [3.63, 3.8) is 0 Å². The lowest BCUT2D eigenvalue weighted by Gasteiger charge is -2.07. The molecule has 0 fully saturated rings. The first-order valence-electron chi connectivity index (χ1n) is 6.81. The molecule has 2 rings (SSSR count). The van der Waals surface area contributed by atoms with Crippen LogP contribution in [-0.4, -0.2) is 38.4 Å². The lowest BCUT2D eigenvalue weighted by molar-refractivity contribution is -0.118. The second-order valence-corrected chi connectivity index (χ2v) is 6.14. The number of benzene rings is 1. The zero-order chi connectivity index (χ0) is 15.2. The normalized spacial score (nSPS) is 10.9. The van der Waals surface area contributed by atoms with Gasteiger partial charge in [-0.1, -0.05) is 37.7 Å². The number of carbonyl (C=O) groups is 1. The highest BCUT2D eigenvalue weighted by Gasteiger charge is 2.11. The van der Waals surface area contributed by atoms with Gasteiger partial charge in [0, 0.05) is 6.54 Å². The standard InChI is InChI=1S/C14H19N5OS/c1-10(2)8-15-13(20)9-21-14-16-17-18-19(14)12-6-4-5-11(3)7-12/h4-7,10H,8-9H2,1-3H3,(H,15,20). The van der Waals surface area contributed by atoms with Gasteiger partial charge in [0.05, 0.1) is 11.4 Å². The van der Waals surface area contributed by atoms with E-state index in [1.165, 1.54) is 11.8 Å². The number of nitrogens with one attached hydrogen (secondary N) is 1. The highest BCUT2D eigenvalue weighted by molar-refractivity contribution is 7.99. The minimum absolute atomic E-state index is 0.00695. The Morgan fingerprint density at radius 1 is 1.43 bits per heavy atom. The molecule has 1 N–H and O–H groups in total. The molecular formula is C14H19N5OS. The number of tetrazole rings is 1. The van der Waals surface area contributed by atoms with E-state index in [4.69, 9.17) is 0 Å². The molecule has 112 valence electrons. The van der Waals surface area contributed by atoms with Crippen molar-refractivity contribution in [2.45, 2.75) is 25.9 Å². The molecule has 0 spiro atoms. The number of aryl methyl sites for hydroxylation is 1. The lowest BCUT2D eigenvalue weighted by Crippen LogP contribution is -2.28. The molecule has 21 heavy (non-hydrogen) atoms. The topological polar surface area (TPSA) is 72.7 Å². The number of nitrogens with zero attached hydrogens (tertiary/aromatic N) is 4. The van der Waals surface area contributed by atoms with Crippen LogP contribution in [0.1, 0.15) is 19.4 Å². The first kappa shape index (κ1) is 15.5. The van der Waals surface area contributed by atoms with E-state index in [1.54, 1.807) is 4.68 Å². The smallest absolute Gasteiger partial charge is 0.230 e. The molecule has 1 amide bonds. The third kappa shape index (κ3) is 4.56. The van der Waals surface area contributed by atoms with Gasteiger partial charge in [0.15, 0.2) is 0 Å². The summed E-state index contributed by atoms with van der Waals surface area (Å²) in [4.78, 5) is 11.7. The van der Waals surface area contributed by atoms with Crippen molar-refractivity contribution in [1.82, 2.24) is 25.5 Å². The molecule has 0 atom stereocenters. The van der Waals surface area contributed by atoms with E-state index in [0.717, 1.165) is 11.3 Å². The van der Waals surface area contributed by atoms with Crippen LogP contribution in [0, 0.1) is 12.8 Å². The van der Waals surface area contributed by atoms with Crippen LogP contribution in [0.3, 0.4) is 0 Å². The summed E-state index contributed by atoms with van der Waals surface area (Å²) in [6, 6.07) is 7.90. The van der Waals surface area contributed by atoms with Crippen LogP contribution in [-0.2, 0) is 4.79 Å². The molecule has 0 aliphatic heterocycles. The van der Waals surface area contributed by atoms with Gasteiger partial charge in [0.25, 0.3) is 0 Å². The van der Waals surface area contributed by atoms with E-state index in [9.17, 15) is 4.79 Å². The van der Waals surface area contributed by atoms with Crippen molar-refractivity contribution in [2.75, 3.05) is 12.3 Å². The molecule has 7 heteroatoms. The van der Waals surface area contributed by atoms with Crippen molar-refractivity contribution in [2.24, 2.45) is 5.92 Å². The van der Waals surface area contributed by atoms with E-state index >= 15 is 0 Å². The van der Waals surface area contributed by atoms with Crippen molar-refractivity contribution >= 4 is 17.7 Å². The summed E-state index contributed by atoms with van der Waals surface area (Å²) in [5.41, 5.74) is 2.03. The Kier molecular flexibility index (Phi) is 5.32. The van der Waals surface area contributed by atoms with Gasteiger partial charge >= 0.3 is 0 Å². The maximum atomic E-state index is 11.7. The summed E-state index contributed by atoms with van der Waals surface area (Å²) < 4.78 is 1.65. The molecule has 0 radical (unpaired) electrons. The number of amides is 1. The number of carbonyl (C=O) groups excluding carboxylic acids is 1. The average Bonchev–Trinajstić information content (AvgIpc) is 2.91. The van der Waals surface area contributed by atoms with Gasteiger partial charge < -0.3 is 5.32 Å². The predicted octanol–water partition coefficient (Wildman–Crippen LogP) is 1.84. The number of rotatable bonds is 6. The minimum atomic E-state index is -0.00695. The Morgan fingerprint density at radius 2 is 2.24 bits per heavy atom. The van der Waals surface area contributed by atoms with E-state index < -0.39 is 0 Å². The summed E-state index contributed by atoms with van der Waals surface area (Å²) in [7, 11) is 0. The van der Waals surface area contributed by atoms with Gasteiger partial charge in [-0.15, -0.1) is 5.10 Å². The molecule has 1 aromatic carbocycles. The van der Waals surface area contributed by atoms with Gasteiger partial charge in [0.2, 0.25) is 11.1 Å². The average molecular weight is 305 g/mol. The molecule has 0 saturated carbocycles. The molecule has 2 aromatic rings. The highest BCUT2D eigenvalue weighted by atomic mass is 32.2. The summed E-state index contributed by atoms with van der Waals surface area (Å²) in [6.07, 6.45) is 0. The fourth-order valence-corrected chi connectivity index (χ4v) is 2.41. The van der Waals surface area contributed by atoms with E-state index in [2.05, 4.69) is 34.7 Å². The Balaban J connectivity index is 1.99. The fraction of sp³-hybridized carbons (Fsp3) is 0.429. The Labute approximate surface area is 128 Å². The lowest BCUT2D eigenvalue weighted by atomic mass is 10.2. The molecular weight excluding hydrogens is 286 g/mol. The maximum Gasteiger partial charge on any atom is 0.230 e. The minimum Gasteiger partial charge on any atom is -0.355 e. The van der Waals surface area contributed by atoms with Crippen LogP contribution >= 0.6 is 11.8 Å². The third-order valence-electron chi connectivity index (χ3n) is 2.73. The highest BCUT2D eigenvalue weighted by Crippen LogP contribution is 2.18. The van der Waals surface area contributed by atoms with E-state index in [-0.39, 0.29) is 5.91 Å². The summed E-state index contributed by atoms with van der Waals surface area (Å²) in [5, 5.41) is 15.1. The van der Waals surface area contributed by atoms with Crippen molar-refractivity contribution in [3.8, 4) is 5.69 Å². The molecule has 0 saturated heterocycles. The van der Waals surface area contributed by atoms with Crippen molar-refractivity contribution < 1.29 is 4.79 Å². The van der Waals surface area contributed by atoms with Crippen LogP contribution in [0.5, 0.6) is 0 Å². The van der Waals surface area contributed by atoms with E-state index in [1.807, 2.05) is 31.2 Å². The second kappa shape index (κ2) is 7.21. The van der Waals surface area contributed by atoms with Gasteiger partial charge in [-0.2, -0.15) is 4.68 Å². The zero-order valence-corrected chi connectivity index (χ0v) is 13.2. The van der Waals surface area contributed by atoms with Gasteiger partial charge in [-0.25, -0.2) is 0 Å². The molecule has 1 aromatic heterocycles. The molecule has 0 bridgehead atoms. The Morgan fingerprint density at radius 3 is 2.95 bits per heavy atom. The maximum absolute atomic E-state index is 11.7. The zero-order valence-electron chi connectivity index (χ0n) is 12.4. The summed E-state index contributed by atoms with van der Waals surface area (Å²) in [6.45, 7) is 6.82. The van der Waals surface area contributed by atoms with Crippen LogP contribution < -0.4 is 5.32 Å². The third-order valence-corrected chi connectivity index (χ3v) is 3.65. The molecule has 6 nitrogen and oxygen atoms in total. The summed E-state index contributed by atoms with van der Waals surface area (Å²) in [5.74, 6) is 0.739. The van der Waals surface area contributed by atoms with Crippen LogP contribution in [0.2, 0.25) is 0 Å². The Bertz CT molecular complexity index is 611. The van der Waals surface area contributed by atoms with E-state index in [0.29, 0.717) is 23.4 Å². The summed E-state index contributed by atoms with van der Waals surface area (Å²) >= 11 is 1.33. The fourth-order valence-electron chi connectivity index (χ4n) is 1.69. The van der Waals surface area contributed by atoms with Crippen LogP contribution in [0.25, 0.3) is 5.69 Å². The number of thioether (sulfide) groups is 1. The molecule has 0 unspecified atom stereocenters. The van der Waals surface area contributed by atoms with Gasteiger partial charge in [0.1, 0.15) is 0 Å². The number of hydrogen-bond donors (Lipinski definition) is 1. The quantitative estimate of drug-likeness (QED) is 0.824. The first-order valence-corrected chi connectivity index (χ1v) is 7.79. The monoisotopic (exact) mass is 305 g/mol. The number of aromatic nitrogens is 4. The van der Waals surface area contributed by atoms with Crippen LogP contribution in [0.4, 0.5) is 0 Å². The Hall–Kier alpha value is -1.89. The largest absolute Gasteiger partial charge is 0.355 e. The molecule has 0 aliphatic carbocycles. The predicted molar refractivity (Wildman–Crippen MR) is 82.5 cm³/mol. The van der Waals surface area contributed by atoms with Crippen molar-refractivity contribution in [1.29, 1.82) is 0 Å². The first-order chi connectivity index (χ1) is 10.1.